The van der Waals surface area contributed by atoms with Crippen molar-refractivity contribution in [2.75, 3.05) is 11.5 Å². The van der Waals surface area contributed by atoms with E-state index >= 15 is 0 Å². The van der Waals surface area contributed by atoms with Crippen molar-refractivity contribution >= 4 is 16.1 Å². The van der Waals surface area contributed by atoms with Gasteiger partial charge in [-0.1, -0.05) is 12.1 Å². The van der Waals surface area contributed by atoms with Gasteiger partial charge in [0.05, 0.1) is 11.5 Å². The van der Waals surface area contributed by atoms with E-state index < -0.39 is 15.8 Å². The molecule has 2 atom stereocenters. The fourth-order valence-corrected chi connectivity index (χ4v) is 4.33. The molecule has 1 saturated heterocycles. The van der Waals surface area contributed by atoms with Gasteiger partial charge >= 0.3 is 0 Å². The number of carbonyl (C=O) groups is 1. The van der Waals surface area contributed by atoms with E-state index in [2.05, 4.69) is 0 Å². The van der Waals surface area contributed by atoms with Crippen LogP contribution in [-0.2, 0) is 14.6 Å². The minimum Gasteiger partial charge on any atom is -0.508 e. The Morgan fingerprint density at radius 1 is 1.39 bits per heavy atom. The highest BCUT2D eigenvalue weighted by atomic mass is 32.2. The maximum Gasteiger partial charge on any atom is 0.150 e. The van der Waals surface area contributed by atoms with E-state index in [1.807, 2.05) is 0 Å². The maximum absolute atomic E-state index is 11.6. The van der Waals surface area contributed by atoms with Crippen LogP contribution in [0.15, 0.2) is 24.3 Å². The molecule has 0 saturated carbocycles. The minimum atomic E-state index is -3.03. The number of carbonyl (C=O) groups excluding carboxylic acids is 1. The number of hydrogen-bond acceptors (Lipinski definition) is 4. The normalized spacial score (nSPS) is 24.3. The topological polar surface area (TPSA) is 71.4 Å². The van der Waals surface area contributed by atoms with Gasteiger partial charge in [-0.15, -0.1) is 0 Å². The van der Waals surface area contributed by atoms with Gasteiger partial charge in [-0.3, -0.25) is 0 Å². The molecule has 1 fully saturated rings. The van der Waals surface area contributed by atoms with Gasteiger partial charge in [0.15, 0.2) is 9.84 Å². The smallest absolute Gasteiger partial charge is 0.150 e. The van der Waals surface area contributed by atoms with Crippen molar-refractivity contribution in [1.82, 2.24) is 0 Å². The zero-order valence-electron chi connectivity index (χ0n) is 9.95. The van der Waals surface area contributed by atoms with Gasteiger partial charge in [0.2, 0.25) is 0 Å². The van der Waals surface area contributed by atoms with Crippen LogP contribution in [-0.4, -0.2) is 31.3 Å². The van der Waals surface area contributed by atoms with E-state index in [0.717, 1.165) is 12.7 Å². The van der Waals surface area contributed by atoms with Gasteiger partial charge in [-0.05, 0) is 36.5 Å². The van der Waals surface area contributed by atoms with Crippen molar-refractivity contribution in [1.29, 1.82) is 0 Å². The number of hydrogen-bond donors (Lipinski definition) is 1. The summed E-state index contributed by atoms with van der Waals surface area (Å²) >= 11 is 0. The number of benzene rings is 1. The number of rotatable bonds is 3. The van der Waals surface area contributed by atoms with E-state index in [1.54, 1.807) is 12.1 Å². The first kappa shape index (κ1) is 13.1. The summed E-state index contributed by atoms with van der Waals surface area (Å²) in [5.74, 6) is -0.255. The van der Waals surface area contributed by atoms with E-state index in [1.165, 1.54) is 12.1 Å². The molecule has 1 aromatic carbocycles. The zero-order valence-corrected chi connectivity index (χ0v) is 10.8. The predicted octanol–water partition coefficient (Wildman–Crippen LogP) is 1.50. The average Bonchev–Trinajstić information content (AvgIpc) is 2.29. The second-order valence-electron chi connectivity index (χ2n) is 4.77. The van der Waals surface area contributed by atoms with Crippen LogP contribution in [0.25, 0.3) is 0 Å². The molecule has 0 radical (unpaired) electrons. The molecule has 4 nitrogen and oxygen atoms in total. The number of phenolic OH excluding ortho intramolecular Hbond substituents is 1. The lowest BCUT2D eigenvalue weighted by Gasteiger charge is -2.26. The lowest BCUT2D eigenvalue weighted by Crippen LogP contribution is -2.30. The molecule has 1 aliphatic rings. The Labute approximate surface area is 107 Å². The minimum absolute atomic E-state index is 0.0616. The molecular weight excluding hydrogens is 252 g/mol. The summed E-state index contributed by atoms with van der Waals surface area (Å²) < 4.78 is 23.2. The number of sulfone groups is 1. The van der Waals surface area contributed by atoms with Crippen molar-refractivity contribution in [2.24, 2.45) is 5.92 Å². The predicted molar refractivity (Wildman–Crippen MR) is 68.3 cm³/mol. The van der Waals surface area contributed by atoms with E-state index in [9.17, 15) is 18.3 Å². The van der Waals surface area contributed by atoms with Crippen LogP contribution in [0.4, 0.5) is 0 Å². The number of aldehydes is 1. The molecule has 1 N–H and O–H groups in total. The molecule has 0 bridgehead atoms. The van der Waals surface area contributed by atoms with Crippen LogP contribution in [0.5, 0.6) is 5.75 Å². The third kappa shape index (κ3) is 2.90. The Balaban J connectivity index is 2.26. The summed E-state index contributed by atoms with van der Waals surface area (Å²) in [4.78, 5) is 11.3. The highest BCUT2D eigenvalue weighted by Crippen LogP contribution is 2.32. The van der Waals surface area contributed by atoms with Gasteiger partial charge in [0, 0.05) is 5.92 Å². The average molecular weight is 268 g/mol. The number of aromatic hydroxyl groups is 1. The molecule has 98 valence electrons. The fraction of sp³-hybridized carbons (Fsp3) is 0.462. The highest BCUT2D eigenvalue weighted by Gasteiger charge is 2.31. The monoisotopic (exact) mass is 268 g/mol. The SMILES string of the molecule is O=CC(c1cccc(O)c1)C1CCCS(=O)(=O)C1. The summed E-state index contributed by atoms with van der Waals surface area (Å²) in [5, 5.41) is 9.42. The van der Waals surface area contributed by atoms with Gasteiger partial charge in [0.25, 0.3) is 0 Å². The van der Waals surface area contributed by atoms with Crippen LogP contribution >= 0.6 is 0 Å². The quantitative estimate of drug-likeness (QED) is 0.843. The third-order valence-electron chi connectivity index (χ3n) is 3.41. The second-order valence-corrected chi connectivity index (χ2v) is 7.00. The second kappa shape index (κ2) is 5.10. The summed E-state index contributed by atoms with van der Waals surface area (Å²) in [6, 6.07) is 6.47. The van der Waals surface area contributed by atoms with Crippen LogP contribution in [0.2, 0.25) is 0 Å². The Morgan fingerprint density at radius 2 is 2.17 bits per heavy atom. The Morgan fingerprint density at radius 3 is 2.78 bits per heavy atom. The Hall–Kier alpha value is -1.36. The van der Waals surface area contributed by atoms with Crippen LogP contribution in [0.3, 0.4) is 0 Å². The molecule has 0 amide bonds. The van der Waals surface area contributed by atoms with Crippen molar-refractivity contribution in [3.63, 3.8) is 0 Å². The van der Waals surface area contributed by atoms with Crippen molar-refractivity contribution in [3.05, 3.63) is 29.8 Å². The van der Waals surface area contributed by atoms with Crippen LogP contribution in [0.1, 0.15) is 24.3 Å². The van der Waals surface area contributed by atoms with Gasteiger partial charge in [-0.25, -0.2) is 8.42 Å². The largest absolute Gasteiger partial charge is 0.508 e. The van der Waals surface area contributed by atoms with E-state index in [-0.39, 0.29) is 23.2 Å². The summed E-state index contributed by atoms with van der Waals surface area (Å²) in [7, 11) is -3.03. The molecule has 2 unspecified atom stereocenters. The molecule has 0 aliphatic carbocycles. The van der Waals surface area contributed by atoms with Gasteiger partial charge < -0.3 is 9.90 Å². The van der Waals surface area contributed by atoms with Gasteiger partial charge in [0.1, 0.15) is 12.0 Å². The maximum atomic E-state index is 11.6. The molecule has 1 aromatic rings. The van der Waals surface area contributed by atoms with Crippen molar-refractivity contribution in [2.45, 2.75) is 18.8 Å². The van der Waals surface area contributed by atoms with E-state index in [0.29, 0.717) is 12.0 Å². The highest BCUT2D eigenvalue weighted by molar-refractivity contribution is 7.91. The first-order valence-corrected chi connectivity index (χ1v) is 7.78. The molecular formula is C13H16O4S. The standard InChI is InChI=1S/C13H16O4S/c14-8-13(10-3-1-5-12(15)7-10)11-4-2-6-18(16,17)9-11/h1,3,5,7-8,11,13,15H,2,4,6,9H2. The molecule has 5 heteroatoms. The van der Waals surface area contributed by atoms with E-state index in [4.69, 9.17) is 0 Å². The van der Waals surface area contributed by atoms with Crippen molar-refractivity contribution in [3.8, 4) is 5.75 Å². The Bertz CT molecular complexity index is 536. The first-order chi connectivity index (χ1) is 8.52. The lowest BCUT2D eigenvalue weighted by atomic mass is 9.85. The summed E-state index contributed by atoms with van der Waals surface area (Å²) in [6.45, 7) is 0. The summed E-state index contributed by atoms with van der Waals surface area (Å²) in [6.07, 6.45) is 2.13. The zero-order chi connectivity index (χ0) is 13.2. The molecule has 2 rings (SSSR count). The molecule has 0 spiro atoms. The van der Waals surface area contributed by atoms with Gasteiger partial charge in [-0.2, -0.15) is 0 Å². The third-order valence-corrected chi connectivity index (χ3v) is 5.25. The molecule has 1 aliphatic heterocycles. The summed E-state index contributed by atoms with van der Waals surface area (Å²) in [5.41, 5.74) is 0.687. The number of phenols is 1. The van der Waals surface area contributed by atoms with Crippen LogP contribution in [0, 0.1) is 5.92 Å². The molecule has 0 aromatic heterocycles. The van der Waals surface area contributed by atoms with Crippen LogP contribution < -0.4 is 0 Å². The molecule has 18 heavy (non-hydrogen) atoms. The lowest BCUT2D eigenvalue weighted by molar-refractivity contribution is -0.110. The van der Waals surface area contributed by atoms with Crippen molar-refractivity contribution < 1.29 is 18.3 Å². The first-order valence-electron chi connectivity index (χ1n) is 5.96. The Kier molecular flexibility index (Phi) is 3.71. The fourth-order valence-electron chi connectivity index (χ4n) is 2.54. The molecule has 1 heterocycles.